The number of benzene rings is 4. The molecular formula is C24H25FN2O. The molecule has 0 aliphatic rings. The number of rotatable bonds is 4. The minimum atomic E-state index is -0.158. The van der Waals surface area contributed by atoms with Gasteiger partial charge in [0, 0.05) is 5.39 Å². The molecule has 0 aromatic heterocycles. The normalized spacial score (nSPS) is 10.7. The molecule has 0 aliphatic heterocycles. The van der Waals surface area contributed by atoms with E-state index in [1.807, 2.05) is 54.6 Å². The summed E-state index contributed by atoms with van der Waals surface area (Å²) in [5.74, 6) is 0.176. The topological polar surface area (TPSA) is 72.3 Å². The van der Waals surface area contributed by atoms with Crippen molar-refractivity contribution in [3.8, 4) is 5.75 Å². The Bertz CT molecular complexity index is 1070. The molecular weight excluding hydrogens is 351 g/mol. The Hall–Kier alpha value is -2.95. The van der Waals surface area contributed by atoms with Gasteiger partial charge in [0.05, 0.1) is 0 Å². The van der Waals surface area contributed by atoms with Crippen LogP contribution in [0.4, 0.5) is 4.39 Å². The zero-order chi connectivity index (χ0) is 19.9. The Balaban J connectivity index is 0.000000161. The lowest BCUT2D eigenvalue weighted by Crippen LogP contribution is -2.05. The number of phenolic OH excluding ortho intramolecular Hbond substituents is 1. The maximum atomic E-state index is 13.5. The van der Waals surface area contributed by atoms with Crippen molar-refractivity contribution in [2.75, 3.05) is 13.1 Å². The van der Waals surface area contributed by atoms with Gasteiger partial charge in [-0.25, -0.2) is 4.39 Å². The fraction of sp³-hybridized carbons (Fsp3) is 0.167. The molecule has 0 heterocycles. The van der Waals surface area contributed by atoms with Gasteiger partial charge in [0.2, 0.25) is 0 Å². The Morgan fingerprint density at radius 2 is 1.32 bits per heavy atom. The van der Waals surface area contributed by atoms with Crippen LogP contribution >= 0.6 is 0 Å². The highest BCUT2D eigenvalue weighted by Crippen LogP contribution is 2.27. The van der Waals surface area contributed by atoms with E-state index in [1.54, 1.807) is 12.1 Å². The maximum absolute atomic E-state index is 13.5. The Morgan fingerprint density at radius 1 is 0.679 bits per heavy atom. The number of hydrogen-bond acceptors (Lipinski definition) is 3. The standard InChI is InChI=1S/C12H12FN.C12H13NO/c13-12-6-5-9-3-1-2-4-10(9)11(12)7-8-14;13-8-7-9-5-6-12(14)11-4-2-1-3-10(9)11/h1-6H,7-8,14H2;1-6,14H,7-8,13H2. The highest BCUT2D eigenvalue weighted by atomic mass is 19.1. The lowest BCUT2D eigenvalue weighted by atomic mass is 10.0. The molecule has 0 atom stereocenters. The number of phenols is 1. The third kappa shape index (κ3) is 4.30. The van der Waals surface area contributed by atoms with Crippen LogP contribution in [0.5, 0.6) is 5.75 Å². The monoisotopic (exact) mass is 376 g/mol. The highest BCUT2D eigenvalue weighted by molar-refractivity contribution is 5.90. The fourth-order valence-corrected chi connectivity index (χ4v) is 3.43. The maximum Gasteiger partial charge on any atom is 0.127 e. The first-order valence-corrected chi connectivity index (χ1v) is 9.41. The summed E-state index contributed by atoms with van der Waals surface area (Å²) in [6.07, 6.45) is 1.44. The van der Waals surface area contributed by atoms with Crippen LogP contribution in [0, 0.1) is 5.82 Å². The molecule has 4 heteroatoms. The molecule has 0 bridgehead atoms. The molecule has 5 N–H and O–H groups in total. The van der Waals surface area contributed by atoms with Crippen LogP contribution in [0.2, 0.25) is 0 Å². The van der Waals surface area contributed by atoms with Crippen LogP contribution in [0.3, 0.4) is 0 Å². The van der Waals surface area contributed by atoms with Crippen molar-refractivity contribution in [2.45, 2.75) is 12.8 Å². The third-order valence-electron chi connectivity index (χ3n) is 4.78. The van der Waals surface area contributed by atoms with Crippen molar-refractivity contribution < 1.29 is 9.50 Å². The molecule has 4 aromatic rings. The van der Waals surface area contributed by atoms with E-state index < -0.39 is 0 Å². The molecule has 0 spiro atoms. The SMILES string of the molecule is NCCc1c(F)ccc2ccccc12.NCCc1ccc(O)c2ccccc12. The number of hydrogen-bond donors (Lipinski definition) is 3. The zero-order valence-electron chi connectivity index (χ0n) is 15.7. The molecule has 0 fully saturated rings. The van der Waals surface area contributed by atoms with E-state index in [-0.39, 0.29) is 5.82 Å². The van der Waals surface area contributed by atoms with Crippen molar-refractivity contribution in [2.24, 2.45) is 11.5 Å². The van der Waals surface area contributed by atoms with Crippen LogP contribution in [0.25, 0.3) is 21.5 Å². The first-order valence-electron chi connectivity index (χ1n) is 9.41. The molecule has 4 aromatic carbocycles. The lowest BCUT2D eigenvalue weighted by Gasteiger charge is -2.06. The van der Waals surface area contributed by atoms with E-state index in [9.17, 15) is 9.50 Å². The highest BCUT2D eigenvalue weighted by Gasteiger charge is 2.05. The van der Waals surface area contributed by atoms with Crippen LogP contribution in [0.1, 0.15) is 11.1 Å². The second-order valence-corrected chi connectivity index (χ2v) is 6.61. The fourth-order valence-electron chi connectivity index (χ4n) is 3.43. The second kappa shape index (κ2) is 9.31. The van der Waals surface area contributed by atoms with Gasteiger partial charge in [0.1, 0.15) is 11.6 Å². The molecule has 0 saturated heterocycles. The van der Waals surface area contributed by atoms with Crippen molar-refractivity contribution in [3.63, 3.8) is 0 Å². The summed E-state index contributed by atoms with van der Waals surface area (Å²) in [6.45, 7) is 1.11. The Labute approximate surface area is 164 Å². The van der Waals surface area contributed by atoms with Crippen molar-refractivity contribution in [3.05, 3.63) is 89.7 Å². The summed E-state index contributed by atoms with van der Waals surface area (Å²) in [4.78, 5) is 0. The van der Waals surface area contributed by atoms with Gasteiger partial charge < -0.3 is 16.6 Å². The van der Waals surface area contributed by atoms with E-state index in [4.69, 9.17) is 11.5 Å². The summed E-state index contributed by atoms with van der Waals surface area (Å²) in [5, 5.41) is 13.7. The summed E-state index contributed by atoms with van der Waals surface area (Å²) in [7, 11) is 0. The smallest absolute Gasteiger partial charge is 0.127 e. The van der Waals surface area contributed by atoms with E-state index in [1.165, 1.54) is 11.6 Å². The largest absolute Gasteiger partial charge is 0.507 e. The summed E-state index contributed by atoms with van der Waals surface area (Å²) in [5.41, 5.74) is 12.9. The first kappa shape index (κ1) is 19.8. The molecule has 3 nitrogen and oxygen atoms in total. The van der Waals surface area contributed by atoms with Gasteiger partial charge in [-0.15, -0.1) is 0 Å². The van der Waals surface area contributed by atoms with Gasteiger partial charge in [-0.3, -0.25) is 0 Å². The summed E-state index contributed by atoms with van der Waals surface area (Å²) < 4.78 is 13.5. The molecule has 0 radical (unpaired) electrons. The predicted octanol–water partition coefficient (Wildman–Crippen LogP) is 4.53. The Morgan fingerprint density at radius 3 is 2.04 bits per heavy atom. The molecule has 0 amide bonds. The Kier molecular flexibility index (Phi) is 6.58. The van der Waals surface area contributed by atoms with Gasteiger partial charge in [-0.1, -0.05) is 60.7 Å². The quantitative estimate of drug-likeness (QED) is 0.490. The van der Waals surface area contributed by atoms with Crippen LogP contribution < -0.4 is 11.5 Å². The molecule has 0 aliphatic carbocycles. The average molecular weight is 376 g/mol. The molecule has 0 unspecified atom stereocenters. The number of nitrogens with two attached hydrogens (primary N) is 2. The van der Waals surface area contributed by atoms with Crippen LogP contribution in [-0.4, -0.2) is 18.2 Å². The van der Waals surface area contributed by atoms with Crippen molar-refractivity contribution >= 4 is 21.5 Å². The number of halogens is 1. The number of fused-ring (bicyclic) bond motifs is 2. The van der Waals surface area contributed by atoms with Gasteiger partial charge in [0.25, 0.3) is 0 Å². The van der Waals surface area contributed by atoms with Crippen molar-refractivity contribution in [1.29, 1.82) is 0 Å². The second-order valence-electron chi connectivity index (χ2n) is 6.61. The molecule has 144 valence electrons. The lowest BCUT2D eigenvalue weighted by molar-refractivity contribution is 0.481. The van der Waals surface area contributed by atoms with Crippen LogP contribution in [-0.2, 0) is 12.8 Å². The van der Waals surface area contributed by atoms with E-state index in [0.717, 1.165) is 33.5 Å². The zero-order valence-corrected chi connectivity index (χ0v) is 15.7. The predicted molar refractivity (Wildman–Crippen MR) is 115 cm³/mol. The third-order valence-corrected chi connectivity index (χ3v) is 4.78. The van der Waals surface area contributed by atoms with E-state index in [0.29, 0.717) is 25.3 Å². The minimum absolute atomic E-state index is 0.158. The minimum Gasteiger partial charge on any atom is -0.507 e. The van der Waals surface area contributed by atoms with Gasteiger partial charge in [0.15, 0.2) is 0 Å². The van der Waals surface area contributed by atoms with E-state index >= 15 is 0 Å². The summed E-state index contributed by atoms with van der Waals surface area (Å²) >= 11 is 0. The molecule has 0 saturated carbocycles. The van der Waals surface area contributed by atoms with Gasteiger partial charge in [-0.2, -0.15) is 0 Å². The summed E-state index contributed by atoms with van der Waals surface area (Å²) in [6, 6.07) is 22.6. The molecule has 4 rings (SSSR count). The first-order chi connectivity index (χ1) is 13.7. The molecule has 28 heavy (non-hydrogen) atoms. The van der Waals surface area contributed by atoms with E-state index in [2.05, 4.69) is 0 Å². The van der Waals surface area contributed by atoms with Gasteiger partial charge in [-0.05, 0) is 65.3 Å². The average Bonchev–Trinajstić information content (AvgIpc) is 2.73. The van der Waals surface area contributed by atoms with Gasteiger partial charge >= 0.3 is 0 Å². The van der Waals surface area contributed by atoms with Crippen molar-refractivity contribution in [1.82, 2.24) is 0 Å². The van der Waals surface area contributed by atoms with Crippen LogP contribution in [0.15, 0.2) is 72.8 Å². The number of aromatic hydroxyl groups is 1.